The lowest BCUT2D eigenvalue weighted by atomic mass is 10.2. The summed E-state index contributed by atoms with van der Waals surface area (Å²) < 4.78 is 12.7. The van der Waals surface area contributed by atoms with Gasteiger partial charge in [-0.3, -0.25) is 9.78 Å². The molecular formula is C10H11FN2O4. The van der Waals surface area contributed by atoms with Gasteiger partial charge in [-0.2, -0.15) is 0 Å². The number of halogens is 1. The van der Waals surface area contributed by atoms with Crippen molar-refractivity contribution in [3.63, 3.8) is 0 Å². The van der Waals surface area contributed by atoms with Gasteiger partial charge in [0.2, 0.25) is 0 Å². The summed E-state index contributed by atoms with van der Waals surface area (Å²) in [6.45, 7) is -0.0250. The molecule has 0 aromatic carbocycles. The number of carboxylic acids is 1. The Balaban J connectivity index is 2.43. The van der Waals surface area contributed by atoms with Crippen LogP contribution in [-0.4, -0.2) is 39.7 Å². The van der Waals surface area contributed by atoms with Crippen molar-refractivity contribution in [1.29, 1.82) is 0 Å². The number of amides is 1. The van der Waals surface area contributed by atoms with Gasteiger partial charge in [-0.1, -0.05) is 0 Å². The number of aromatic nitrogens is 1. The van der Waals surface area contributed by atoms with Crippen LogP contribution in [0.2, 0.25) is 0 Å². The number of carbonyl (C=O) groups is 2. The summed E-state index contributed by atoms with van der Waals surface area (Å²) in [6.07, 6.45) is 0.502. The van der Waals surface area contributed by atoms with E-state index in [0.717, 1.165) is 12.3 Å². The highest BCUT2D eigenvalue weighted by Gasteiger charge is 2.13. The summed E-state index contributed by atoms with van der Waals surface area (Å²) in [7, 11) is 0. The molecule has 0 radical (unpaired) electrons. The lowest BCUT2D eigenvalue weighted by Gasteiger charge is -2.07. The second-order valence-electron chi connectivity index (χ2n) is 3.29. The third-order valence-corrected chi connectivity index (χ3v) is 1.96. The Morgan fingerprint density at radius 1 is 1.47 bits per heavy atom. The van der Waals surface area contributed by atoms with E-state index in [2.05, 4.69) is 10.3 Å². The molecule has 1 unspecified atom stereocenters. The summed E-state index contributed by atoms with van der Waals surface area (Å²) in [5.74, 6) is -2.57. The largest absolute Gasteiger partial charge is 0.479 e. The van der Waals surface area contributed by atoms with Crippen molar-refractivity contribution < 1.29 is 24.2 Å². The molecule has 1 aromatic rings. The maximum atomic E-state index is 12.7. The van der Waals surface area contributed by atoms with Crippen LogP contribution in [0, 0.1) is 5.82 Å². The van der Waals surface area contributed by atoms with Crippen molar-refractivity contribution in [3.8, 4) is 0 Å². The van der Waals surface area contributed by atoms with Crippen LogP contribution in [-0.2, 0) is 4.79 Å². The number of hydrogen-bond donors (Lipinski definition) is 3. The van der Waals surface area contributed by atoms with E-state index in [-0.39, 0.29) is 18.5 Å². The number of pyridine rings is 1. The number of rotatable bonds is 5. The van der Waals surface area contributed by atoms with Crippen molar-refractivity contribution >= 4 is 11.9 Å². The van der Waals surface area contributed by atoms with Gasteiger partial charge >= 0.3 is 5.97 Å². The van der Waals surface area contributed by atoms with Crippen LogP contribution in [0.5, 0.6) is 0 Å². The lowest BCUT2D eigenvalue weighted by Crippen LogP contribution is -2.30. The van der Waals surface area contributed by atoms with E-state index >= 15 is 0 Å². The van der Waals surface area contributed by atoms with Crippen molar-refractivity contribution in [1.82, 2.24) is 10.3 Å². The maximum absolute atomic E-state index is 12.7. The molecule has 1 atom stereocenters. The van der Waals surface area contributed by atoms with Crippen LogP contribution < -0.4 is 5.32 Å². The van der Waals surface area contributed by atoms with Gasteiger partial charge in [-0.25, -0.2) is 9.18 Å². The van der Waals surface area contributed by atoms with Gasteiger partial charge in [0.1, 0.15) is 5.82 Å². The fourth-order valence-corrected chi connectivity index (χ4v) is 1.08. The first kappa shape index (κ1) is 13.0. The molecular weight excluding hydrogens is 231 g/mol. The SMILES string of the molecule is O=C(NCCC(O)C(=O)O)c1cncc(F)c1. The first-order chi connectivity index (χ1) is 8.00. The number of aliphatic hydroxyl groups excluding tert-OH is 1. The second kappa shape index (κ2) is 5.90. The molecule has 6 nitrogen and oxygen atoms in total. The number of nitrogens with one attached hydrogen (secondary N) is 1. The van der Waals surface area contributed by atoms with Crippen LogP contribution >= 0.6 is 0 Å². The predicted octanol–water partition coefficient (Wildman–Crippen LogP) is -0.214. The van der Waals surface area contributed by atoms with Crippen molar-refractivity contribution in [2.75, 3.05) is 6.54 Å². The van der Waals surface area contributed by atoms with Gasteiger partial charge in [0.05, 0.1) is 11.8 Å². The molecule has 0 fully saturated rings. The summed E-state index contributed by atoms with van der Waals surface area (Å²) in [5, 5.41) is 19.7. The maximum Gasteiger partial charge on any atom is 0.332 e. The van der Waals surface area contributed by atoms with Gasteiger partial charge in [-0.05, 0) is 6.07 Å². The summed E-state index contributed by atoms with van der Waals surface area (Å²) in [4.78, 5) is 25.2. The van der Waals surface area contributed by atoms with Gasteiger partial charge < -0.3 is 15.5 Å². The number of carboxylic acid groups (broad SMARTS) is 1. The fraction of sp³-hybridized carbons (Fsp3) is 0.300. The first-order valence-corrected chi connectivity index (χ1v) is 4.80. The third-order valence-electron chi connectivity index (χ3n) is 1.96. The minimum Gasteiger partial charge on any atom is -0.479 e. The van der Waals surface area contributed by atoms with Gasteiger partial charge in [0, 0.05) is 19.2 Å². The van der Waals surface area contributed by atoms with Crippen LogP contribution in [0.15, 0.2) is 18.5 Å². The topological polar surface area (TPSA) is 99.5 Å². The van der Waals surface area contributed by atoms with Crippen LogP contribution in [0.3, 0.4) is 0 Å². The Morgan fingerprint density at radius 2 is 2.18 bits per heavy atom. The highest BCUT2D eigenvalue weighted by atomic mass is 19.1. The number of nitrogens with zero attached hydrogens (tertiary/aromatic N) is 1. The highest BCUT2D eigenvalue weighted by molar-refractivity contribution is 5.93. The molecule has 0 aliphatic rings. The Kier molecular flexibility index (Phi) is 4.53. The molecule has 0 aliphatic carbocycles. The van der Waals surface area contributed by atoms with Crippen LogP contribution in [0.4, 0.5) is 4.39 Å². The molecule has 0 spiro atoms. The van der Waals surface area contributed by atoms with E-state index in [0.29, 0.717) is 0 Å². The molecule has 7 heteroatoms. The second-order valence-corrected chi connectivity index (χ2v) is 3.29. The van der Waals surface area contributed by atoms with Crippen molar-refractivity contribution in [3.05, 3.63) is 29.8 Å². The monoisotopic (exact) mass is 242 g/mol. The zero-order valence-corrected chi connectivity index (χ0v) is 8.76. The number of carbonyl (C=O) groups excluding carboxylic acids is 1. The molecule has 92 valence electrons. The normalized spacial score (nSPS) is 11.9. The van der Waals surface area contributed by atoms with E-state index < -0.39 is 23.8 Å². The summed E-state index contributed by atoms with van der Waals surface area (Å²) >= 11 is 0. The minimum absolute atomic E-state index is 0.0250. The van der Waals surface area contributed by atoms with Crippen molar-refractivity contribution in [2.24, 2.45) is 0 Å². The number of hydrogen-bond acceptors (Lipinski definition) is 4. The highest BCUT2D eigenvalue weighted by Crippen LogP contribution is 2.00. The Bertz CT molecular complexity index is 425. The fourth-order valence-electron chi connectivity index (χ4n) is 1.08. The average molecular weight is 242 g/mol. The van der Waals surface area contributed by atoms with E-state index in [1.807, 2.05) is 0 Å². The lowest BCUT2D eigenvalue weighted by molar-refractivity contribution is -0.146. The van der Waals surface area contributed by atoms with E-state index in [1.165, 1.54) is 6.20 Å². The predicted molar refractivity (Wildman–Crippen MR) is 54.8 cm³/mol. The van der Waals surface area contributed by atoms with Crippen molar-refractivity contribution in [2.45, 2.75) is 12.5 Å². The summed E-state index contributed by atoms with van der Waals surface area (Å²) in [5.41, 5.74) is 0.0369. The van der Waals surface area contributed by atoms with E-state index in [1.54, 1.807) is 0 Å². The van der Waals surface area contributed by atoms with Crippen LogP contribution in [0.1, 0.15) is 16.8 Å². The third kappa shape index (κ3) is 4.15. The smallest absolute Gasteiger partial charge is 0.332 e. The molecule has 1 heterocycles. The molecule has 1 rings (SSSR count). The average Bonchev–Trinajstić information content (AvgIpc) is 2.28. The summed E-state index contributed by atoms with van der Waals surface area (Å²) in [6, 6.07) is 1.01. The molecule has 1 aromatic heterocycles. The molecule has 0 saturated carbocycles. The minimum atomic E-state index is -1.53. The molecule has 0 saturated heterocycles. The number of aliphatic carboxylic acids is 1. The van der Waals surface area contributed by atoms with E-state index in [9.17, 15) is 14.0 Å². The molecule has 17 heavy (non-hydrogen) atoms. The molecule has 3 N–H and O–H groups in total. The number of aliphatic hydroxyl groups is 1. The molecule has 0 aliphatic heterocycles. The first-order valence-electron chi connectivity index (χ1n) is 4.80. The Hall–Kier alpha value is -2.02. The van der Waals surface area contributed by atoms with Gasteiger partial charge in [0.15, 0.2) is 6.10 Å². The Labute approximate surface area is 96.1 Å². The van der Waals surface area contributed by atoms with Crippen LogP contribution in [0.25, 0.3) is 0 Å². The Morgan fingerprint density at radius 3 is 2.76 bits per heavy atom. The van der Waals surface area contributed by atoms with E-state index in [4.69, 9.17) is 10.2 Å². The standard InChI is InChI=1S/C10H11FN2O4/c11-7-3-6(4-12-5-7)9(15)13-2-1-8(14)10(16)17/h3-5,8,14H,1-2H2,(H,13,15)(H,16,17). The zero-order valence-electron chi connectivity index (χ0n) is 8.76. The molecule has 1 amide bonds. The quantitative estimate of drug-likeness (QED) is 0.663. The molecule has 0 bridgehead atoms. The van der Waals surface area contributed by atoms with Gasteiger partial charge in [0.25, 0.3) is 5.91 Å². The zero-order chi connectivity index (χ0) is 12.8. The van der Waals surface area contributed by atoms with Gasteiger partial charge in [-0.15, -0.1) is 0 Å².